The van der Waals surface area contributed by atoms with Crippen LogP contribution in [0.3, 0.4) is 0 Å². The van der Waals surface area contributed by atoms with E-state index in [0.29, 0.717) is 5.95 Å². The summed E-state index contributed by atoms with van der Waals surface area (Å²) in [6.45, 7) is 6.08. The first-order valence-corrected chi connectivity index (χ1v) is 10.8. The highest BCUT2D eigenvalue weighted by Crippen LogP contribution is 2.23. The van der Waals surface area contributed by atoms with Crippen molar-refractivity contribution in [3.63, 3.8) is 0 Å². The number of likely N-dealkylation sites (tertiary alicyclic amines) is 1. The van der Waals surface area contributed by atoms with Crippen LogP contribution in [0.25, 0.3) is 16.9 Å². The van der Waals surface area contributed by atoms with Crippen molar-refractivity contribution >= 4 is 17.3 Å². The van der Waals surface area contributed by atoms with Crippen molar-refractivity contribution in [2.24, 2.45) is 0 Å². The molecular formula is C24H26N6O. The van der Waals surface area contributed by atoms with Gasteiger partial charge in [-0.3, -0.25) is 9.88 Å². The summed E-state index contributed by atoms with van der Waals surface area (Å²) in [5.41, 5.74) is 4.64. The Bertz CT molecular complexity index is 1150. The number of pyridine rings is 2. The number of hydrogen-bond donors (Lipinski definition) is 1. The molecule has 1 saturated heterocycles. The molecule has 158 valence electrons. The molecule has 7 heteroatoms. The highest BCUT2D eigenvalue weighted by Gasteiger charge is 2.11. The third-order valence-corrected chi connectivity index (χ3v) is 5.55. The molecule has 1 fully saturated rings. The van der Waals surface area contributed by atoms with Crippen molar-refractivity contribution in [1.29, 1.82) is 0 Å². The predicted molar refractivity (Wildman–Crippen MR) is 122 cm³/mol. The van der Waals surface area contributed by atoms with E-state index < -0.39 is 0 Å². The molecule has 1 N–H and O–H groups in total. The zero-order valence-electron chi connectivity index (χ0n) is 17.7. The Hall–Kier alpha value is -3.45. The SMILES string of the molecule is Cc1ccc(-c2cccc3nc(Nc4ccc(OCCN5CCCC5)cc4)nn23)cn1. The van der Waals surface area contributed by atoms with Crippen molar-refractivity contribution in [3.05, 3.63) is 66.5 Å². The number of aryl methyl sites for hydroxylation is 1. The number of aromatic nitrogens is 4. The van der Waals surface area contributed by atoms with Crippen LogP contribution in [0.1, 0.15) is 18.5 Å². The first-order chi connectivity index (χ1) is 15.2. The summed E-state index contributed by atoms with van der Waals surface area (Å²) in [5, 5.41) is 7.94. The van der Waals surface area contributed by atoms with Crippen LogP contribution >= 0.6 is 0 Å². The van der Waals surface area contributed by atoms with Gasteiger partial charge in [0.05, 0.1) is 5.69 Å². The van der Waals surface area contributed by atoms with Gasteiger partial charge < -0.3 is 10.1 Å². The second kappa shape index (κ2) is 8.73. The van der Waals surface area contributed by atoms with Crippen molar-refractivity contribution in [3.8, 4) is 17.0 Å². The molecule has 1 aliphatic heterocycles. The van der Waals surface area contributed by atoms with E-state index >= 15 is 0 Å². The lowest BCUT2D eigenvalue weighted by Crippen LogP contribution is -2.25. The summed E-state index contributed by atoms with van der Waals surface area (Å²) in [4.78, 5) is 11.5. The Labute approximate surface area is 181 Å². The van der Waals surface area contributed by atoms with Crippen LogP contribution in [0, 0.1) is 6.92 Å². The smallest absolute Gasteiger partial charge is 0.247 e. The van der Waals surface area contributed by atoms with E-state index in [1.54, 1.807) is 0 Å². The second-order valence-corrected chi connectivity index (χ2v) is 7.85. The highest BCUT2D eigenvalue weighted by atomic mass is 16.5. The fourth-order valence-electron chi connectivity index (χ4n) is 3.86. The van der Waals surface area contributed by atoms with Crippen LogP contribution < -0.4 is 10.1 Å². The second-order valence-electron chi connectivity index (χ2n) is 7.85. The van der Waals surface area contributed by atoms with Crippen molar-refractivity contribution in [1.82, 2.24) is 24.5 Å². The van der Waals surface area contributed by atoms with Gasteiger partial charge >= 0.3 is 0 Å². The number of nitrogens with one attached hydrogen (secondary N) is 1. The molecule has 4 heterocycles. The Kier molecular flexibility index (Phi) is 5.50. The van der Waals surface area contributed by atoms with Gasteiger partial charge in [0.25, 0.3) is 0 Å². The van der Waals surface area contributed by atoms with E-state index in [4.69, 9.17) is 4.74 Å². The molecule has 0 spiro atoms. The third kappa shape index (κ3) is 4.51. The Balaban J connectivity index is 1.27. The van der Waals surface area contributed by atoms with Crippen LogP contribution in [0.4, 0.5) is 11.6 Å². The van der Waals surface area contributed by atoms with E-state index in [2.05, 4.69) is 25.3 Å². The molecule has 4 aromatic rings. The van der Waals surface area contributed by atoms with Crippen molar-refractivity contribution < 1.29 is 4.74 Å². The molecule has 0 bridgehead atoms. The monoisotopic (exact) mass is 414 g/mol. The summed E-state index contributed by atoms with van der Waals surface area (Å²) < 4.78 is 7.72. The zero-order chi connectivity index (χ0) is 21.0. The molecule has 0 aliphatic carbocycles. The van der Waals surface area contributed by atoms with Crippen LogP contribution in [0.2, 0.25) is 0 Å². The number of rotatable bonds is 7. The summed E-state index contributed by atoms with van der Waals surface area (Å²) >= 11 is 0. The molecule has 1 aromatic carbocycles. The molecular weight excluding hydrogens is 388 g/mol. The first-order valence-electron chi connectivity index (χ1n) is 10.8. The number of benzene rings is 1. The predicted octanol–water partition coefficient (Wildman–Crippen LogP) is 4.32. The topological polar surface area (TPSA) is 67.6 Å². The van der Waals surface area contributed by atoms with Crippen LogP contribution in [0.15, 0.2) is 60.8 Å². The van der Waals surface area contributed by atoms with Gasteiger partial charge in [0.15, 0.2) is 5.65 Å². The number of hydrogen-bond acceptors (Lipinski definition) is 6. The van der Waals surface area contributed by atoms with Crippen LogP contribution in [-0.2, 0) is 0 Å². The lowest BCUT2D eigenvalue weighted by atomic mass is 10.2. The van der Waals surface area contributed by atoms with Crippen molar-refractivity contribution in [2.75, 3.05) is 31.6 Å². The van der Waals surface area contributed by atoms with E-state index in [0.717, 1.165) is 47.2 Å². The molecule has 7 nitrogen and oxygen atoms in total. The van der Waals surface area contributed by atoms with Crippen LogP contribution in [-0.4, -0.2) is 50.7 Å². The Morgan fingerprint density at radius 3 is 2.61 bits per heavy atom. The highest BCUT2D eigenvalue weighted by molar-refractivity contribution is 5.64. The minimum atomic E-state index is 0.551. The Morgan fingerprint density at radius 2 is 1.84 bits per heavy atom. The van der Waals surface area contributed by atoms with Gasteiger partial charge in [0, 0.05) is 29.7 Å². The number of ether oxygens (including phenoxy) is 1. The minimum Gasteiger partial charge on any atom is -0.492 e. The van der Waals surface area contributed by atoms with Gasteiger partial charge in [0.1, 0.15) is 12.4 Å². The largest absolute Gasteiger partial charge is 0.492 e. The van der Waals surface area contributed by atoms with Gasteiger partial charge in [-0.05, 0) is 81.4 Å². The van der Waals surface area contributed by atoms with Gasteiger partial charge in [0.2, 0.25) is 5.95 Å². The molecule has 3 aromatic heterocycles. The Morgan fingerprint density at radius 1 is 1.00 bits per heavy atom. The summed E-state index contributed by atoms with van der Waals surface area (Å²) in [7, 11) is 0. The maximum absolute atomic E-state index is 5.88. The summed E-state index contributed by atoms with van der Waals surface area (Å²) in [6.07, 6.45) is 4.48. The maximum atomic E-state index is 5.88. The molecule has 0 radical (unpaired) electrons. The molecule has 0 atom stereocenters. The quantitative estimate of drug-likeness (QED) is 0.486. The van der Waals surface area contributed by atoms with Crippen LogP contribution in [0.5, 0.6) is 5.75 Å². The van der Waals surface area contributed by atoms with Gasteiger partial charge in [-0.15, -0.1) is 5.10 Å². The summed E-state index contributed by atoms with van der Waals surface area (Å²) in [6, 6.07) is 17.9. The lowest BCUT2D eigenvalue weighted by molar-refractivity contribution is 0.238. The molecule has 0 saturated carbocycles. The van der Waals surface area contributed by atoms with Crippen molar-refractivity contribution in [2.45, 2.75) is 19.8 Å². The summed E-state index contributed by atoms with van der Waals surface area (Å²) in [5.74, 6) is 1.43. The molecule has 1 aliphatic rings. The average Bonchev–Trinajstić information content (AvgIpc) is 3.45. The van der Waals surface area contributed by atoms with E-state index in [1.807, 2.05) is 72.2 Å². The zero-order valence-corrected chi connectivity index (χ0v) is 17.7. The van der Waals surface area contributed by atoms with Gasteiger partial charge in [-0.2, -0.15) is 4.98 Å². The fraction of sp³-hybridized carbons (Fsp3) is 0.292. The number of anilines is 2. The molecule has 0 amide bonds. The molecule has 5 rings (SSSR count). The standard InChI is InChI=1S/C24H26N6O/c1-18-7-8-19(17-25-18)22-5-4-6-23-27-24(28-30(22)23)26-20-9-11-21(12-10-20)31-16-15-29-13-2-3-14-29/h4-12,17H,2-3,13-16H2,1H3,(H,26,28). The van der Waals surface area contributed by atoms with E-state index in [9.17, 15) is 0 Å². The number of fused-ring (bicyclic) bond motifs is 1. The average molecular weight is 415 g/mol. The lowest BCUT2D eigenvalue weighted by Gasteiger charge is -2.15. The molecule has 31 heavy (non-hydrogen) atoms. The van der Waals surface area contributed by atoms with Gasteiger partial charge in [-0.25, -0.2) is 4.52 Å². The minimum absolute atomic E-state index is 0.551. The fourth-order valence-corrected chi connectivity index (χ4v) is 3.86. The van der Waals surface area contributed by atoms with E-state index in [-0.39, 0.29) is 0 Å². The first kappa shape index (κ1) is 19.5. The molecule has 0 unspecified atom stereocenters. The maximum Gasteiger partial charge on any atom is 0.247 e. The number of nitrogens with zero attached hydrogens (tertiary/aromatic N) is 5. The normalized spacial score (nSPS) is 14.2. The third-order valence-electron chi connectivity index (χ3n) is 5.55. The van der Waals surface area contributed by atoms with Gasteiger partial charge in [-0.1, -0.05) is 6.07 Å². The van der Waals surface area contributed by atoms with E-state index in [1.165, 1.54) is 25.9 Å².